The number of aromatic nitrogens is 2. The van der Waals surface area contributed by atoms with Crippen LogP contribution in [0.3, 0.4) is 0 Å². The molecule has 0 radical (unpaired) electrons. The third-order valence-electron chi connectivity index (χ3n) is 5.25. The molecule has 0 spiro atoms. The number of aromatic amines is 2. The molecule has 6 N–H and O–H groups in total. The van der Waals surface area contributed by atoms with Crippen LogP contribution in [-0.2, 0) is 20.0 Å². The van der Waals surface area contributed by atoms with Crippen LogP contribution in [-0.4, -0.2) is 32.7 Å². The smallest absolute Gasteiger partial charge is 0.323 e. The summed E-state index contributed by atoms with van der Waals surface area (Å²) in [6.45, 7) is 1.74. The number of imidazole rings is 1. The highest BCUT2D eigenvalue weighted by Gasteiger charge is 2.17. The molecule has 1 aromatic heterocycles. The molecule has 4 rings (SSSR count). The molecule has 0 aliphatic heterocycles. The van der Waals surface area contributed by atoms with Gasteiger partial charge in [0.2, 0.25) is 10.0 Å². The SMILES string of the molecule is CC(NC(=O)c1ccc(NS(=O)(=O)c2ccc3[nH]c(=O)[nH]c3c2)cc1)c1ccc(S(N)(=O)=O)cc1. The Labute approximate surface area is 200 Å². The minimum absolute atomic E-state index is 0.0286. The second kappa shape index (κ2) is 9.02. The molecule has 13 heteroatoms. The number of hydrogen-bond acceptors (Lipinski definition) is 6. The molecule has 0 bridgehead atoms. The van der Waals surface area contributed by atoms with Crippen molar-refractivity contribution in [2.75, 3.05) is 4.72 Å². The maximum atomic E-state index is 12.7. The molecular weight excluding hydrogens is 494 g/mol. The van der Waals surface area contributed by atoms with Crippen LogP contribution in [0.4, 0.5) is 5.69 Å². The van der Waals surface area contributed by atoms with Gasteiger partial charge < -0.3 is 15.3 Å². The van der Waals surface area contributed by atoms with Crippen LogP contribution in [0.2, 0.25) is 0 Å². The van der Waals surface area contributed by atoms with Gasteiger partial charge >= 0.3 is 5.69 Å². The zero-order valence-corrected chi connectivity index (χ0v) is 19.9. The number of primary sulfonamides is 1. The summed E-state index contributed by atoms with van der Waals surface area (Å²) in [5.41, 5.74) is 1.63. The molecule has 182 valence electrons. The maximum absolute atomic E-state index is 12.7. The van der Waals surface area contributed by atoms with E-state index in [1.165, 1.54) is 54.6 Å². The van der Waals surface area contributed by atoms with Crippen LogP contribution in [0.5, 0.6) is 0 Å². The van der Waals surface area contributed by atoms with Gasteiger partial charge in [0.25, 0.3) is 15.9 Å². The van der Waals surface area contributed by atoms with E-state index in [0.717, 1.165) is 0 Å². The van der Waals surface area contributed by atoms with E-state index in [2.05, 4.69) is 20.0 Å². The van der Waals surface area contributed by atoms with Crippen molar-refractivity contribution in [1.29, 1.82) is 0 Å². The molecule has 1 heterocycles. The third kappa shape index (κ3) is 5.42. The minimum Gasteiger partial charge on any atom is -0.346 e. The van der Waals surface area contributed by atoms with E-state index in [-0.39, 0.29) is 15.5 Å². The molecule has 0 saturated carbocycles. The van der Waals surface area contributed by atoms with Crippen molar-refractivity contribution in [2.24, 2.45) is 5.14 Å². The van der Waals surface area contributed by atoms with Crippen LogP contribution >= 0.6 is 0 Å². The van der Waals surface area contributed by atoms with Gasteiger partial charge in [0, 0.05) is 11.3 Å². The Hall–Kier alpha value is -3.94. The number of hydrogen-bond donors (Lipinski definition) is 5. The van der Waals surface area contributed by atoms with Crippen molar-refractivity contribution in [2.45, 2.75) is 22.8 Å². The van der Waals surface area contributed by atoms with Gasteiger partial charge in [-0.05, 0) is 67.1 Å². The molecule has 3 aromatic carbocycles. The van der Waals surface area contributed by atoms with Gasteiger partial charge in [-0.15, -0.1) is 0 Å². The van der Waals surface area contributed by atoms with E-state index in [0.29, 0.717) is 22.2 Å². The van der Waals surface area contributed by atoms with Crippen LogP contribution in [0, 0.1) is 0 Å². The first kappa shape index (κ1) is 24.2. The summed E-state index contributed by atoms with van der Waals surface area (Å²) in [6.07, 6.45) is 0. The van der Waals surface area contributed by atoms with E-state index >= 15 is 0 Å². The number of fused-ring (bicyclic) bond motifs is 1. The predicted octanol–water partition coefficient (Wildman–Crippen LogP) is 1.80. The van der Waals surface area contributed by atoms with Gasteiger partial charge in [0.1, 0.15) is 0 Å². The quantitative estimate of drug-likeness (QED) is 0.250. The standard InChI is InChI=1S/C22H21N5O6S2/c1-13(14-4-8-17(9-5-14)34(23,30)31)24-21(28)15-2-6-16(7-3-15)27-35(32,33)18-10-11-19-20(12-18)26-22(29)25-19/h2-13,27H,1H3,(H,24,28)(H2,23,30,31)(H2,25,26,29). The van der Waals surface area contributed by atoms with Crippen molar-refractivity contribution < 1.29 is 21.6 Å². The molecule has 0 saturated heterocycles. The number of H-pyrrole nitrogens is 2. The molecule has 1 atom stereocenters. The van der Waals surface area contributed by atoms with E-state index in [4.69, 9.17) is 5.14 Å². The Morgan fingerprint density at radius 3 is 2.09 bits per heavy atom. The van der Waals surface area contributed by atoms with Gasteiger partial charge in [-0.1, -0.05) is 12.1 Å². The number of anilines is 1. The van der Waals surface area contributed by atoms with E-state index in [1.807, 2.05) is 0 Å². The Morgan fingerprint density at radius 1 is 0.857 bits per heavy atom. The average Bonchev–Trinajstić information content (AvgIpc) is 3.18. The van der Waals surface area contributed by atoms with Crippen LogP contribution in [0.1, 0.15) is 28.9 Å². The zero-order chi connectivity index (χ0) is 25.4. The largest absolute Gasteiger partial charge is 0.346 e. The summed E-state index contributed by atoms with van der Waals surface area (Å²) >= 11 is 0. The summed E-state index contributed by atoms with van der Waals surface area (Å²) in [5.74, 6) is -0.399. The van der Waals surface area contributed by atoms with Crippen molar-refractivity contribution >= 4 is 42.7 Å². The monoisotopic (exact) mass is 515 g/mol. The number of carbonyl (C=O) groups is 1. The lowest BCUT2D eigenvalue weighted by Crippen LogP contribution is -2.26. The van der Waals surface area contributed by atoms with Crippen molar-refractivity contribution in [3.05, 3.63) is 88.3 Å². The fraction of sp³-hybridized carbons (Fsp3) is 0.0909. The molecule has 11 nitrogen and oxygen atoms in total. The van der Waals surface area contributed by atoms with Crippen LogP contribution in [0.25, 0.3) is 11.0 Å². The number of benzene rings is 3. The van der Waals surface area contributed by atoms with Gasteiger partial charge in [0.15, 0.2) is 0 Å². The number of sulfonamides is 2. The topological polar surface area (TPSA) is 184 Å². The molecule has 35 heavy (non-hydrogen) atoms. The summed E-state index contributed by atoms with van der Waals surface area (Å²) in [4.78, 5) is 29.0. The van der Waals surface area contributed by atoms with Crippen molar-refractivity contribution in [3.8, 4) is 0 Å². The lowest BCUT2D eigenvalue weighted by Gasteiger charge is -2.15. The Balaban J connectivity index is 1.43. The number of amides is 1. The fourth-order valence-electron chi connectivity index (χ4n) is 3.39. The summed E-state index contributed by atoms with van der Waals surface area (Å²) in [6, 6.07) is 15.5. The second-order valence-corrected chi connectivity index (χ2v) is 11.0. The van der Waals surface area contributed by atoms with Crippen LogP contribution in [0.15, 0.2) is 81.3 Å². The second-order valence-electron chi connectivity index (χ2n) is 7.78. The highest BCUT2D eigenvalue weighted by atomic mass is 32.2. The fourth-order valence-corrected chi connectivity index (χ4v) is 4.99. The van der Waals surface area contributed by atoms with Gasteiger partial charge in [-0.25, -0.2) is 26.8 Å². The van der Waals surface area contributed by atoms with E-state index in [1.54, 1.807) is 19.1 Å². The lowest BCUT2D eigenvalue weighted by molar-refractivity contribution is 0.0940. The Bertz CT molecular complexity index is 1670. The predicted molar refractivity (Wildman–Crippen MR) is 130 cm³/mol. The highest BCUT2D eigenvalue weighted by molar-refractivity contribution is 7.92. The first-order valence-corrected chi connectivity index (χ1v) is 13.2. The Morgan fingerprint density at radius 2 is 1.46 bits per heavy atom. The summed E-state index contributed by atoms with van der Waals surface area (Å²) in [7, 11) is -7.74. The van der Waals surface area contributed by atoms with E-state index < -0.39 is 37.7 Å². The molecule has 1 amide bonds. The normalized spacial score (nSPS) is 12.9. The molecule has 1 unspecified atom stereocenters. The summed E-state index contributed by atoms with van der Waals surface area (Å²) < 4.78 is 50.6. The van der Waals surface area contributed by atoms with E-state index in [9.17, 15) is 26.4 Å². The number of nitrogens with one attached hydrogen (secondary N) is 4. The van der Waals surface area contributed by atoms with Crippen molar-refractivity contribution in [1.82, 2.24) is 15.3 Å². The van der Waals surface area contributed by atoms with Gasteiger partial charge in [0.05, 0.1) is 26.9 Å². The Kier molecular flexibility index (Phi) is 6.23. The third-order valence-corrected chi connectivity index (χ3v) is 7.56. The molecule has 0 fully saturated rings. The highest BCUT2D eigenvalue weighted by Crippen LogP contribution is 2.20. The lowest BCUT2D eigenvalue weighted by atomic mass is 10.1. The average molecular weight is 516 g/mol. The van der Waals surface area contributed by atoms with Crippen molar-refractivity contribution in [3.63, 3.8) is 0 Å². The molecule has 0 aliphatic carbocycles. The first-order valence-electron chi connectivity index (χ1n) is 10.2. The molecule has 4 aromatic rings. The zero-order valence-electron chi connectivity index (χ0n) is 18.3. The number of nitrogens with two attached hydrogens (primary N) is 1. The molecule has 0 aliphatic rings. The van der Waals surface area contributed by atoms with Gasteiger partial charge in [-0.2, -0.15) is 0 Å². The minimum atomic E-state index is -3.94. The van der Waals surface area contributed by atoms with Gasteiger partial charge in [-0.3, -0.25) is 9.52 Å². The number of rotatable bonds is 7. The molecular formula is C22H21N5O6S2. The number of carbonyl (C=O) groups excluding carboxylic acids is 1. The maximum Gasteiger partial charge on any atom is 0.323 e. The van der Waals surface area contributed by atoms with Crippen LogP contribution < -0.4 is 20.9 Å². The summed E-state index contributed by atoms with van der Waals surface area (Å²) in [5, 5.41) is 7.88. The first-order chi connectivity index (χ1) is 16.4.